The first-order valence-electron chi connectivity index (χ1n) is 11.0. The maximum atomic E-state index is 13.5. The van der Waals surface area contributed by atoms with Crippen LogP contribution in [0.15, 0.2) is 46.9 Å². The Bertz CT molecular complexity index is 1140. The van der Waals surface area contributed by atoms with E-state index in [0.29, 0.717) is 12.3 Å². The number of anilines is 1. The topological polar surface area (TPSA) is 96.0 Å². The van der Waals surface area contributed by atoms with Gasteiger partial charge < -0.3 is 15.0 Å². The second kappa shape index (κ2) is 12.6. The molecule has 0 aliphatic rings. The van der Waals surface area contributed by atoms with Crippen molar-refractivity contribution in [3.05, 3.63) is 57.5 Å². The van der Waals surface area contributed by atoms with Gasteiger partial charge in [0.15, 0.2) is 0 Å². The van der Waals surface area contributed by atoms with Crippen LogP contribution in [-0.4, -0.2) is 57.6 Å². The molecule has 2 aromatic rings. The zero-order valence-corrected chi connectivity index (χ0v) is 23.6. The molecule has 8 nitrogen and oxygen atoms in total. The number of sulfonamides is 1. The van der Waals surface area contributed by atoms with Crippen molar-refractivity contribution in [2.45, 2.75) is 33.4 Å². The Morgan fingerprint density at radius 3 is 2.26 bits per heavy atom. The van der Waals surface area contributed by atoms with Gasteiger partial charge in [-0.05, 0) is 48.7 Å². The number of rotatable bonds is 11. The molecule has 0 aliphatic carbocycles. The summed E-state index contributed by atoms with van der Waals surface area (Å²) < 4.78 is 32.2. The number of halogens is 2. The van der Waals surface area contributed by atoms with Gasteiger partial charge in [-0.1, -0.05) is 53.5 Å². The zero-order valence-electron chi connectivity index (χ0n) is 20.4. The Morgan fingerprint density at radius 2 is 1.74 bits per heavy atom. The summed E-state index contributed by atoms with van der Waals surface area (Å²) in [6.45, 7) is 5.66. The Kier molecular flexibility index (Phi) is 10.4. The molecule has 0 spiro atoms. The minimum Gasteiger partial charge on any atom is -0.495 e. The third-order valence-electron chi connectivity index (χ3n) is 5.22. The predicted molar refractivity (Wildman–Crippen MR) is 142 cm³/mol. The van der Waals surface area contributed by atoms with Crippen molar-refractivity contribution < 1.29 is 22.7 Å². The lowest BCUT2D eigenvalue weighted by atomic mass is 10.1. The van der Waals surface area contributed by atoms with Crippen LogP contribution in [0.3, 0.4) is 0 Å². The molecule has 0 saturated heterocycles. The van der Waals surface area contributed by atoms with Gasteiger partial charge in [0.2, 0.25) is 21.8 Å². The summed E-state index contributed by atoms with van der Waals surface area (Å²) in [4.78, 5) is 27.7. The van der Waals surface area contributed by atoms with Crippen molar-refractivity contribution in [2.75, 3.05) is 30.8 Å². The van der Waals surface area contributed by atoms with Crippen LogP contribution in [0.4, 0.5) is 5.69 Å². The zero-order chi connectivity index (χ0) is 26.3. The SMILES string of the molecule is COc1ccc(N(CC(=O)N(Cc2ccc(Br)cc2)[C@@H](C)C(=O)NCC(C)C)S(C)(=O)=O)cc1Cl. The van der Waals surface area contributed by atoms with Crippen LogP contribution in [0.1, 0.15) is 26.3 Å². The summed E-state index contributed by atoms with van der Waals surface area (Å²) in [5.74, 6) is -0.232. The van der Waals surface area contributed by atoms with Crippen molar-refractivity contribution in [3.8, 4) is 5.75 Å². The summed E-state index contributed by atoms with van der Waals surface area (Å²) in [6, 6.07) is 11.0. The van der Waals surface area contributed by atoms with Gasteiger partial charge in [-0.15, -0.1) is 0 Å². The Hall–Kier alpha value is -2.30. The molecular formula is C24H31BrClN3O5S. The molecule has 0 aromatic heterocycles. The smallest absolute Gasteiger partial charge is 0.244 e. The molecule has 0 bridgehead atoms. The van der Waals surface area contributed by atoms with Gasteiger partial charge in [0, 0.05) is 17.6 Å². The third-order valence-corrected chi connectivity index (χ3v) is 7.19. The average molecular weight is 589 g/mol. The standard InChI is InChI=1S/C24H31BrClN3O5S/c1-16(2)13-27-24(31)17(3)28(14-18-6-8-19(25)9-7-18)23(30)15-29(35(5,32)33)20-10-11-22(34-4)21(26)12-20/h6-12,16-17H,13-15H2,1-5H3,(H,27,31)/t17-/m0/s1. The van der Waals surface area contributed by atoms with Gasteiger partial charge in [0.05, 0.1) is 24.1 Å². The average Bonchev–Trinajstić information content (AvgIpc) is 2.79. The van der Waals surface area contributed by atoms with E-state index < -0.39 is 28.5 Å². The lowest BCUT2D eigenvalue weighted by molar-refractivity contribution is -0.139. The fraction of sp³-hybridized carbons (Fsp3) is 0.417. The quantitative estimate of drug-likeness (QED) is 0.427. The van der Waals surface area contributed by atoms with Crippen LogP contribution in [0, 0.1) is 5.92 Å². The summed E-state index contributed by atoms with van der Waals surface area (Å²) in [7, 11) is -2.40. The van der Waals surface area contributed by atoms with Crippen LogP contribution < -0.4 is 14.4 Å². The van der Waals surface area contributed by atoms with Crippen molar-refractivity contribution >= 4 is 55.1 Å². The number of hydrogen-bond acceptors (Lipinski definition) is 5. The fourth-order valence-corrected chi connectivity index (χ4v) is 4.60. The van der Waals surface area contributed by atoms with Gasteiger partial charge in [-0.2, -0.15) is 0 Å². The number of methoxy groups -OCH3 is 1. The van der Waals surface area contributed by atoms with Crippen LogP contribution in [0.25, 0.3) is 0 Å². The summed E-state index contributed by atoms with van der Waals surface area (Å²) >= 11 is 9.58. The normalized spacial score (nSPS) is 12.2. The van der Waals surface area contributed by atoms with Gasteiger partial charge >= 0.3 is 0 Å². The number of ether oxygens (including phenoxy) is 1. The molecule has 0 radical (unpaired) electrons. The number of nitrogens with zero attached hydrogens (tertiary/aromatic N) is 2. The van der Waals surface area contributed by atoms with E-state index in [1.165, 1.54) is 30.2 Å². The number of hydrogen-bond donors (Lipinski definition) is 1. The van der Waals surface area contributed by atoms with E-state index in [0.717, 1.165) is 20.6 Å². The van der Waals surface area contributed by atoms with Crippen LogP contribution in [0.2, 0.25) is 5.02 Å². The maximum absolute atomic E-state index is 13.5. The minimum atomic E-state index is -3.85. The molecule has 1 N–H and O–H groups in total. The van der Waals surface area contributed by atoms with E-state index in [-0.39, 0.29) is 29.1 Å². The number of amides is 2. The molecule has 2 amide bonds. The number of carbonyl (C=O) groups is 2. The van der Waals surface area contributed by atoms with Gasteiger partial charge in [-0.3, -0.25) is 13.9 Å². The van der Waals surface area contributed by atoms with Gasteiger partial charge in [0.1, 0.15) is 18.3 Å². The summed E-state index contributed by atoms with van der Waals surface area (Å²) in [5.41, 5.74) is 1.01. The molecule has 2 rings (SSSR count). The minimum absolute atomic E-state index is 0.128. The number of nitrogens with one attached hydrogen (secondary N) is 1. The Labute approximate surface area is 220 Å². The van der Waals surface area contributed by atoms with Crippen LogP contribution in [-0.2, 0) is 26.2 Å². The second-order valence-corrected chi connectivity index (χ2v) is 11.8. The predicted octanol–water partition coefficient (Wildman–Crippen LogP) is 4.07. The van der Waals surface area contributed by atoms with E-state index >= 15 is 0 Å². The van der Waals surface area contributed by atoms with E-state index in [2.05, 4.69) is 21.2 Å². The van der Waals surface area contributed by atoms with Crippen molar-refractivity contribution in [1.82, 2.24) is 10.2 Å². The Balaban J connectivity index is 2.38. The Morgan fingerprint density at radius 1 is 1.11 bits per heavy atom. The molecule has 1 atom stereocenters. The molecular weight excluding hydrogens is 558 g/mol. The molecule has 0 unspecified atom stereocenters. The lowest BCUT2D eigenvalue weighted by Gasteiger charge is -2.31. The highest BCUT2D eigenvalue weighted by molar-refractivity contribution is 9.10. The van der Waals surface area contributed by atoms with Gasteiger partial charge in [-0.25, -0.2) is 8.42 Å². The highest BCUT2D eigenvalue weighted by atomic mass is 79.9. The van der Waals surface area contributed by atoms with Crippen LogP contribution in [0.5, 0.6) is 5.75 Å². The largest absolute Gasteiger partial charge is 0.495 e. The molecule has 192 valence electrons. The molecule has 0 saturated carbocycles. The molecule has 0 heterocycles. The highest BCUT2D eigenvalue weighted by Crippen LogP contribution is 2.30. The highest BCUT2D eigenvalue weighted by Gasteiger charge is 2.30. The van der Waals surface area contributed by atoms with E-state index in [4.69, 9.17) is 16.3 Å². The molecule has 2 aromatic carbocycles. The molecule has 35 heavy (non-hydrogen) atoms. The number of benzene rings is 2. The first-order chi connectivity index (χ1) is 16.3. The third kappa shape index (κ3) is 8.40. The lowest BCUT2D eigenvalue weighted by Crippen LogP contribution is -2.51. The second-order valence-electron chi connectivity index (χ2n) is 8.55. The van der Waals surface area contributed by atoms with Gasteiger partial charge in [0.25, 0.3) is 0 Å². The van der Waals surface area contributed by atoms with E-state index in [1.54, 1.807) is 6.92 Å². The molecule has 0 fully saturated rings. The van der Waals surface area contributed by atoms with Crippen molar-refractivity contribution in [3.63, 3.8) is 0 Å². The molecule has 0 aliphatic heterocycles. The van der Waals surface area contributed by atoms with E-state index in [1.807, 2.05) is 38.1 Å². The summed E-state index contributed by atoms with van der Waals surface area (Å²) in [5, 5.41) is 3.05. The van der Waals surface area contributed by atoms with E-state index in [9.17, 15) is 18.0 Å². The van der Waals surface area contributed by atoms with Crippen LogP contribution >= 0.6 is 27.5 Å². The number of carbonyl (C=O) groups excluding carboxylic acids is 2. The fourth-order valence-electron chi connectivity index (χ4n) is 3.25. The monoisotopic (exact) mass is 587 g/mol. The summed E-state index contributed by atoms with van der Waals surface area (Å²) in [6.07, 6.45) is 1.01. The molecule has 11 heteroatoms. The van der Waals surface area contributed by atoms with Crippen molar-refractivity contribution in [2.24, 2.45) is 5.92 Å². The first kappa shape index (κ1) is 28.9. The first-order valence-corrected chi connectivity index (χ1v) is 14.0. The van der Waals surface area contributed by atoms with Crippen molar-refractivity contribution in [1.29, 1.82) is 0 Å². The maximum Gasteiger partial charge on any atom is 0.244 e.